The van der Waals surface area contributed by atoms with E-state index in [0.717, 1.165) is 40.2 Å². The van der Waals surface area contributed by atoms with Gasteiger partial charge in [0.25, 0.3) is 0 Å². The number of thiophene rings is 1. The van der Waals surface area contributed by atoms with Gasteiger partial charge in [-0.2, -0.15) is 0 Å². The van der Waals surface area contributed by atoms with Gasteiger partial charge in [-0.25, -0.2) is 0 Å². The van der Waals surface area contributed by atoms with E-state index in [-0.39, 0.29) is 17.6 Å². The minimum Gasteiger partial charge on any atom is -0.420 e. The zero-order chi connectivity index (χ0) is 22.8. The number of hydrogen-bond donors (Lipinski definition) is 0. The first-order valence-corrected chi connectivity index (χ1v) is 12.3. The Morgan fingerprint density at radius 3 is 2.76 bits per heavy atom. The first-order valence-electron chi connectivity index (χ1n) is 11.4. The second-order valence-electron chi connectivity index (χ2n) is 8.65. The van der Waals surface area contributed by atoms with Crippen LogP contribution < -0.4 is 0 Å². The molecule has 0 atom stereocenters. The topological polar surface area (TPSA) is 88.7 Å². The second kappa shape index (κ2) is 9.39. The van der Waals surface area contributed by atoms with Crippen LogP contribution in [0.5, 0.6) is 0 Å². The van der Waals surface area contributed by atoms with Gasteiger partial charge < -0.3 is 9.32 Å². The third-order valence-corrected chi connectivity index (χ3v) is 7.29. The van der Waals surface area contributed by atoms with E-state index in [4.69, 9.17) is 9.41 Å². The third-order valence-electron chi connectivity index (χ3n) is 6.39. The van der Waals surface area contributed by atoms with Crippen molar-refractivity contribution in [2.24, 2.45) is 4.99 Å². The van der Waals surface area contributed by atoms with Crippen molar-refractivity contribution < 1.29 is 14.0 Å². The van der Waals surface area contributed by atoms with Gasteiger partial charge in [-0.3, -0.25) is 14.6 Å². The summed E-state index contributed by atoms with van der Waals surface area (Å²) in [6, 6.07) is 9.75. The van der Waals surface area contributed by atoms with Gasteiger partial charge in [0.2, 0.25) is 17.7 Å². The molecule has 1 aromatic carbocycles. The van der Waals surface area contributed by atoms with Gasteiger partial charge in [-0.15, -0.1) is 21.5 Å². The molecule has 1 saturated heterocycles. The standard InChI is InChI=1S/C25H26N4O3S/c1-16-23-20(15-33-16)21(30)14-19(26-23)8-5-9-22(31)29-12-10-18(11-13-29)25-28-27-24(32-25)17-6-3-2-4-7-17/h2-4,6-7,15,18H,5,8-14H2,1H3. The van der Waals surface area contributed by atoms with Crippen LogP contribution >= 0.6 is 11.3 Å². The molecule has 0 radical (unpaired) electrons. The van der Waals surface area contributed by atoms with E-state index < -0.39 is 0 Å². The number of carbonyl (C=O) groups excluding carboxylic acids is 2. The number of rotatable bonds is 6. The van der Waals surface area contributed by atoms with E-state index in [2.05, 4.69) is 10.2 Å². The summed E-state index contributed by atoms with van der Waals surface area (Å²) < 4.78 is 5.91. The molecule has 2 aliphatic rings. The monoisotopic (exact) mass is 462 g/mol. The van der Waals surface area contributed by atoms with Crippen molar-refractivity contribution in [1.29, 1.82) is 0 Å². The van der Waals surface area contributed by atoms with Crippen molar-refractivity contribution in [3.8, 4) is 11.5 Å². The Bertz CT molecular complexity index is 1190. The molecule has 4 heterocycles. The molecular formula is C25H26N4O3S. The molecule has 1 amide bonds. The number of amides is 1. The van der Waals surface area contributed by atoms with Crippen molar-refractivity contribution >= 4 is 34.4 Å². The number of aliphatic imine (C=N–C) groups is 1. The molecule has 0 spiro atoms. The van der Waals surface area contributed by atoms with Crippen molar-refractivity contribution in [2.45, 2.75) is 51.4 Å². The van der Waals surface area contributed by atoms with E-state index in [1.165, 1.54) is 0 Å². The summed E-state index contributed by atoms with van der Waals surface area (Å²) in [5.74, 6) is 1.69. The van der Waals surface area contributed by atoms with Crippen molar-refractivity contribution in [2.75, 3.05) is 13.1 Å². The van der Waals surface area contributed by atoms with E-state index in [9.17, 15) is 9.59 Å². The summed E-state index contributed by atoms with van der Waals surface area (Å²) in [5.41, 5.74) is 3.39. The van der Waals surface area contributed by atoms with E-state index in [0.29, 0.717) is 50.6 Å². The van der Waals surface area contributed by atoms with Gasteiger partial charge in [0.05, 0.1) is 11.3 Å². The molecule has 33 heavy (non-hydrogen) atoms. The fraction of sp³-hybridized carbons (Fsp3) is 0.400. The molecule has 0 bridgehead atoms. The number of piperidine rings is 1. The first-order chi connectivity index (χ1) is 16.1. The number of likely N-dealkylation sites (tertiary alicyclic amines) is 1. The van der Waals surface area contributed by atoms with Crippen LogP contribution in [-0.4, -0.2) is 45.6 Å². The molecule has 1 fully saturated rings. The van der Waals surface area contributed by atoms with Crippen LogP contribution in [0, 0.1) is 6.92 Å². The Balaban J connectivity index is 1.10. The first kappa shape index (κ1) is 21.7. The molecule has 5 rings (SSSR count). The number of ketones is 1. The average molecular weight is 463 g/mol. The lowest BCUT2D eigenvalue weighted by molar-refractivity contribution is -0.132. The summed E-state index contributed by atoms with van der Waals surface area (Å²) in [6.07, 6.45) is 3.90. The maximum atomic E-state index is 12.7. The lowest BCUT2D eigenvalue weighted by Gasteiger charge is -2.30. The summed E-state index contributed by atoms with van der Waals surface area (Å²) >= 11 is 1.57. The van der Waals surface area contributed by atoms with Crippen LogP contribution in [0.4, 0.5) is 5.69 Å². The molecule has 0 unspecified atom stereocenters. The Labute approximate surface area is 196 Å². The molecule has 8 heteroatoms. The maximum Gasteiger partial charge on any atom is 0.247 e. The lowest BCUT2D eigenvalue weighted by atomic mass is 9.96. The normalized spacial score (nSPS) is 16.6. The zero-order valence-electron chi connectivity index (χ0n) is 18.6. The smallest absolute Gasteiger partial charge is 0.247 e. The molecule has 0 saturated carbocycles. The Morgan fingerprint density at radius 1 is 1.18 bits per heavy atom. The van der Waals surface area contributed by atoms with Gasteiger partial charge in [-0.1, -0.05) is 18.2 Å². The number of benzene rings is 1. The number of aryl methyl sites for hydroxylation is 1. The predicted molar refractivity (Wildman–Crippen MR) is 127 cm³/mol. The van der Waals surface area contributed by atoms with Crippen molar-refractivity contribution in [3.63, 3.8) is 0 Å². The van der Waals surface area contributed by atoms with Crippen LogP contribution in [0.25, 0.3) is 11.5 Å². The quantitative estimate of drug-likeness (QED) is 0.493. The fourth-order valence-electron chi connectivity index (χ4n) is 4.48. The van der Waals surface area contributed by atoms with Gasteiger partial charge >= 0.3 is 0 Å². The summed E-state index contributed by atoms with van der Waals surface area (Å²) in [6.45, 7) is 3.39. The minimum atomic E-state index is 0.143. The van der Waals surface area contributed by atoms with Crippen molar-refractivity contribution in [3.05, 3.63) is 52.0 Å². The molecule has 7 nitrogen and oxygen atoms in total. The SMILES string of the molecule is Cc1scc2c1N=C(CCCC(=O)N1CCC(c3nnc(-c4ccccc4)o3)CC1)CC2=O. The summed E-state index contributed by atoms with van der Waals surface area (Å²) in [7, 11) is 0. The summed E-state index contributed by atoms with van der Waals surface area (Å²) in [4.78, 5) is 32.7. The minimum absolute atomic E-state index is 0.143. The van der Waals surface area contributed by atoms with Crippen molar-refractivity contribution in [1.82, 2.24) is 15.1 Å². The molecular weight excluding hydrogens is 436 g/mol. The Kier molecular flexibility index (Phi) is 6.17. The fourth-order valence-corrected chi connectivity index (χ4v) is 5.29. The number of fused-ring (bicyclic) bond motifs is 1. The van der Waals surface area contributed by atoms with Gasteiger partial charge in [-0.05, 0) is 44.7 Å². The number of hydrogen-bond acceptors (Lipinski definition) is 7. The zero-order valence-corrected chi connectivity index (χ0v) is 19.4. The van der Waals surface area contributed by atoms with Crippen LogP contribution in [0.3, 0.4) is 0 Å². The van der Waals surface area contributed by atoms with Gasteiger partial charge in [0.15, 0.2) is 5.78 Å². The number of nitrogens with zero attached hydrogens (tertiary/aromatic N) is 4. The Morgan fingerprint density at radius 2 is 1.97 bits per heavy atom. The predicted octanol–water partition coefficient (Wildman–Crippen LogP) is 5.34. The van der Waals surface area contributed by atoms with Crippen LogP contribution in [0.1, 0.15) is 65.6 Å². The van der Waals surface area contributed by atoms with E-state index >= 15 is 0 Å². The molecule has 2 aromatic heterocycles. The van der Waals surface area contributed by atoms with Crippen LogP contribution in [-0.2, 0) is 4.79 Å². The van der Waals surface area contributed by atoms with Gasteiger partial charge in [0, 0.05) is 53.4 Å². The van der Waals surface area contributed by atoms with E-state index in [1.54, 1.807) is 11.3 Å². The second-order valence-corrected chi connectivity index (χ2v) is 9.74. The van der Waals surface area contributed by atoms with Gasteiger partial charge in [0.1, 0.15) is 0 Å². The highest BCUT2D eigenvalue weighted by atomic mass is 32.1. The highest BCUT2D eigenvalue weighted by Gasteiger charge is 2.28. The van der Waals surface area contributed by atoms with Crippen LogP contribution in [0.15, 0.2) is 45.1 Å². The molecule has 2 aliphatic heterocycles. The lowest BCUT2D eigenvalue weighted by Crippen LogP contribution is -2.37. The number of aromatic nitrogens is 2. The molecule has 3 aromatic rings. The largest absolute Gasteiger partial charge is 0.420 e. The molecule has 0 N–H and O–H groups in total. The highest BCUT2D eigenvalue weighted by Crippen LogP contribution is 2.35. The third kappa shape index (κ3) is 4.66. The average Bonchev–Trinajstić information content (AvgIpc) is 3.48. The molecule has 170 valence electrons. The number of Topliss-reactive ketones (excluding diaryl/α,β-unsaturated/α-hetero) is 1. The van der Waals surface area contributed by atoms with Crippen LogP contribution in [0.2, 0.25) is 0 Å². The summed E-state index contributed by atoms with van der Waals surface area (Å²) in [5, 5.41) is 10.3. The Hall–Kier alpha value is -3.13. The maximum absolute atomic E-state index is 12.7. The highest BCUT2D eigenvalue weighted by molar-refractivity contribution is 7.10. The molecule has 0 aliphatic carbocycles. The number of carbonyl (C=O) groups is 2. The van der Waals surface area contributed by atoms with E-state index in [1.807, 2.05) is 47.5 Å².